The van der Waals surface area contributed by atoms with Crippen molar-refractivity contribution in [1.82, 2.24) is 5.32 Å². The van der Waals surface area contributed by atoms with Crippen molar-refractivity contribution in [1.29, 1.82) is 0 Å². The van der Waals surface area contributed by atoms with E-state index in [1.165, 1.54) is 17.5 Å². The van der Waals surface area contributed by atoms with E-state index >= 15 is 0 Å². The molecule has 1 N–H and O–H groups in total. The molecule has 4 heteroatoms. The van der Waals surface area contributed by atoms with E-state index in [4.69, 9.17) is 4.74 Å². The molecule has 0 bridgehead atoms. The molecule has 0 aromatic heterocycles. The van der Waals surface area contributed by atoms with Gasteiger partial charge < -0.3 is 14.6 Å². The lowest BCUT2D eigenvalue weighted by molar-refractivity contribution is 0.357. The highest BCUT2D eigenvalue weighted by Crippen LogP contribution is 2.30. The zero-order valence-electron chi connectivity index (χ0n) is 16.4. The molecule has 0 heterocycles. The Bertz CT molecular complexity index is 693. The second-order valence-corrected chi connectivity index (χ2v) is 8.89. The standard InChI is InChI=1S/C23H31NO2S/c1-3-19(10-8-16-27(25)21-11-5-4-6-12-21)24-20-15-14-18-9-7-13-23(26-2)22(18)17-20/h4-7,9,11-13,19-20,24H,3,8,10,14-17H2,1-2H3. The third-order valence-corrected chi connectivity index (χ3v) is 6.97. The molecule has 1 aliphatic carbocycles. The van der Waals surface area contributed by atoms with Crippen LogP contribution in [0, 0.1) is 0 Å². The summed E-state index contributed by atoms with van der Waals surface area (Å²) in [6, 6.07) is 17.2. The highest BCUT2D eigenvalue weighted by atomic mass is 32.2. The maximum absolute atomic E-state index is 12.4. The van der Waals surface area contributed by atoms with Crippen LogP contribution in [0.5, 0.6) is 5.75 Å². The summed E-state index contributed by atoms with van der Waals surface area (Å²) in [5, 5.41) is 3.86. The van der Waals surface area contributed by atoms with E-state index in [9.17, 15) is 4.55 Å². The minimum absolute atomic E-state index is 0.485. The van der Waals surface area contributed by atoms with Crippen molar-refractivity contribution in [2.75, 3.05) is 12.9 Å². The van der Waals surface area contributed by atoms with Gasteiger partial charge in [-0.3, -0.25) is 0 Å². The average Bonchev–Trinajstić information content (AvgIpc) is 2.73. The topological polar surface area (TPSA) is 44.3 Å². The van der Waals surface area contributed by atoms with Gasteiger partial charge in [-0.05, 0) is 79.0 Å². The number of nitrogens with one attached hydrogen (secondary N) is 1. The zero-order valence-corrected chi connectivity index (χ0v) is 17.3. The predicted molar refractivity (Wildman–Crippen MR) is 113 cm³/mol. The van der Waals surface area contributed by atoms with E-state index < -0.39 is 11.2 Å². The van der Waals surface area contributed by atoms with Gasteiger partial charge in [0.05, 0.1) is 7.11 Å². The monoisotopic (exact) mass is 385 g/mol. The second kappa shape index (κ2) is 10.2. The quantitative estimate of drug-likeness (QED) is 0.646. The van der Waals surface area contributed by atoms with Crippen LogP contribution in [0.15, 0.2) is 53.4 Å². The number of fused-ring (bicyclic) bond motifs is 1. The van der Waals surface area contributed by atoms with Gasteiger partial charge in [-0.15, -0.1) is 0 Å². The molecule has 146 valence electrons. The van der Waals surface area contributed by atoms with Gasteiger partial charge in [0.15, 0.2) is 4.90 Å². The second-order valence-electron chi connectivity index (χ2n) is 7.31. The van der Waals surface area contributed by atoms with Crippen molar-refractivity contribution >= 4 is 11.2 Å². The maximum atomic E-state index is 12.4. The number of methoxy groups -OCH3 is 1. The molecule has 0 amide bonds. The molecule has 1 aliphatic rings. The lowest BCUT2D eigenvalue weighted by Crippen LogP contribution is -2.41. The van der Waals surface area contributed by atoms with Crippen LogP contribution in [0.3, 0.4) is 0 Å². The summed E-state index contributed by atoms with van der Waals surface area (Å²) in [7, 11) is 1.76. The van der Waals surface area contributed by atoms with E-state index in [1.54, 1.807) is 7.11 Å². The summed E-state index contributed by atoms with van der Waals surface area (Å²) in [5.41, 5.74) is 2.79. The first-order chi connectivity index (χ1) is 13.2. The van der Waals surface area contributed by atoms with Crippen molar-refractivity contribution in [2.45, 2.75) is 62.4 Å². The predicted octanol–water partition coefficient (Wildman–Crippen LogP) is 4.51. The third-order valence-electron chi connectivity index (χ3n) is 5.52. The SMILES string of the molecule is CCC(CCC[S+]([O-])c1ccccc1)NC1CCc2cccc(OC)c2C1. The fraction of sp³-hybridized carbons (Fsp3) is 0.478. The molecule has 27 heavy (non-hydrogen) atoms. The Morgan fingerprint density at radius 1 is 1.19 bits per heavy atom. The fourth-order valence-corrected chi connectivity index (χ4v) is 5.10. The molecular formula is C23H31NO2S. The van der Waals surface area contributed by atoms with Crippen LogP contribution in [-0.4, -0.2) is 29.5 Å². The van der Waals surface area contributed by atoms with Gasteiger partial charge in [-0.2, -0.15) is 0 Å². The van der Waals surface area contributed by atoms with Gasteiger partial charge in [-0.25, -0.2) is 0 Å². The molecule has 3 unspecified atom stereocenters. The Hall–Kier alpha value is -1.49. The van der Waals surface area contributed by atoms with Crippen LogP contribution >= 0.6 is 0 Å². The number of benzene rings is 2. The van der Waals surface area contributed by atoms with Crippen molar-refractivity contribution in [3.05, 3.63) is 59.7 Å². The van der Waals surface area contributed by atoms with Crippen LogP contribution in [0.2, 0.25) is 0 Å². The molecule has 3 rings (SSSR count). The summed E-state index contributed by atoms with van der Waals surface area (Å²) < 4.78 is 18.0. The number of hydrogen-bond acceptors (Lipinski definition) is 3. The van der Waals surface area contributed by atoms with Crippen LogP contribution < -0.4 is 10.1 Å². The third kappa shape index (κ3) is 5.50. The van der Waals surface area contributed by atoms with Crippen molar-refractivity contribution in [3.63, 3.8) is 0 Å². The zero-order chi connectivity index (χ0) is 19.1. The largest absolute Gasteiger partial charge is 0.611 e. The Morgan fingerprint density at radius 2 is 2.00 bits per heavy atom. The van der Waals surface area contributed by atoms with Crippen molar-refractivity contribution in [3.8, 4) is 5.75 Å². The van der Waals surface area contributed by atoms with Crippen LogP contribution in [-0.2, 0) is 24.0 Å². The Morgan fingerprint density at radius 3 is 2.74 bits per heavy atom. The number of aryl methyl sites for hydroxylation is 1. The summed E-state index contributed by atoms with van der Waals surface area (Å²) in [6.45, 7) is 2.24. The molecule has 0 saturated carbocycles. The maximum Gasteiger partial charge on any atom is 0.152 e. The van der Waals surface area contributed by atoms with E-state index in [0.29, 0.717) is 12.1 Å². The Balaban J connectivity index is 1.49. The van der Waals surface area contributed by atoms with Gasteiger partial charge in [-0.1, -0.05) is 37.3 Å². The lowest BCUT2D eigenvalue weighted by Gasteiger charge is -2.30. The molecule has 0 saturated heterocycles. The van der Waals surface area contributed by atoms with Gasteiger partial charge in [0.2, 0.25) is 0 Å². The molecule has 0 aliphatic heterocycles. The highest BCUT2D eigenvalue weighted by Gasteiger charge is 2.23. The van der Waals surface area contributed by atoms with Gasteiger partial charge in [0.1, 0.15) is 11.5 Å². The molecule has 0 fully saturated rings. The summed E-state index contributed by atoms with van der Waals surface area (Å²) >= 11 is -0.887. The Labute approximate surface area is 166 Å². The van der Waals surface area contributed by atoms with Gasteiger partial charge in [0, 0.05) is 12.1 Å². The van der Waals surface area contributed by atoms with Crippen LogP contribution in [0.25, 0.3) is 0 Å². The first-order valence-electron chi connectivity index (χ1n) is 10.1. The molecule has 0 radical (unpaired) electrons. The molecule has 3 atom stereocenters. The summed E-state index contributed by atoms with van der Waals surface area (Å²) in [5.74, 6) is 1.76. The van der Waals surface area contributed by atoms with E-state index in [2.05, 4.69) is 30.4 Å². The minimum atomic E-state index is -0.887. The smallest absolute Gasteiger partial charge is 0.152 e. The average molecular weight is 386 g/mol. The summed E-state index contributed by atoms with van der Waals surface area (Å²) in [6.07, 6.45) is 6.48. The van der Waals surface area contributed by atoms with Crippen LogP contribution in [0.4, 0.5) is 0 Å². The molecule has 3 nitrogen and oxygen atoms in total. The summed E-state index contributed by atoms with van der Waals surface area (Å²) in [4.78, 5) is 0.939. The van der Waals surface area contributed by atoms with Crippen molar-refractivity contribution in [2.24, 2.45) is 0 Å². The molecule has 0 spiro atoms. The van der Waals surface area contributed by atoms with E-state index in [1.807, 2.05) is 30.3 Å². The molecule has 2 aromatic rings. The van der Waals surface area contributed by atoms with E-state index in [-0.39, 0.29) is 0 Å². The molecular weight excluding hydrogens is 354 g/mol. The van der Waals surface area contributed by atoms with Gasteiger partial charge in [0.25, 0.3) is 0 Å². The normalized spacial score (nSPS) is 18.6. The highest BCUT2D eigenvalue weighted by molar-refractivity contribution is 7.91. The van der Waals surface area contributed by atoms with Gasteiger partial charge >= 0.3 is 0 Å². The fourth-order valence-electron chi connectivity index (χ4n) is 3.98. The lowest BCUT2D eigenvalue weighted by atomic mass is 9.87. The first-order valence-corrected chi connectivity index (χ1v) is 11.4. The first kappa shape index (κ1) is 20.2. The van der Waals surface area contributed by atoms with E-state index in [0.717, 1.165) is 48.5 Å². The number of ether oxygens (including phenoxy) is 1. The minimum Gasteiger partial charge on any atom is -0.611 e. The number of hydrogen-bond donors (Lipinski definition) is 1. The van der Waals surface area contributed by atoms with Crippen molar-refractivity contribution < 1.29 is 9.29 Å². The number of rotatable bonds is 9. The molecule has 2 aromatic carbocycles. The Kier molecular flexibility index (Phi) is 7.62. The van der Waals surface area contributed by atoms with Crippen LogP contribution in [0.1, 0.15) is 43.7 Å².